The Balaban J connectivity index is 2.11. The molecule has 10 heteroatoms. The van der Waals surface area contributed by atoms with E-state index in [0.29, 0.717) is 11.1 Å². The number of nitrogens with zero attached hydrogens (tertiary/aromatic N) is 2. The maximum Gasteiger partial charge on any atom is 0.387 e. The third-order valence-corrected chi connectivity index (χ3v) is 4.58. The molecule has 23 heavy (non-hydrogen) atoms. The van der Waals surface area contributed by atoms with Gasteiger partial charge in [0.15, 0.2) is 5.82 Å². The van der Waals surface area contributed by atoms with Gasteiger partial charge in [-0.1, -0.05) is 12.2 Å². The predicted molar refractivity (Wildman–Crippen MR) is 84.2 cm³/mol. The van der Waals surface area contributed by atoms with Gasteiger partial charge < -0.3 is 4.74 Å². The Morgan fingerprint density at radius 1 is 1.39 bits per heavy atom. The van der Waals surface area contributed by atoms with E-state index in [4.69, 9.17) is 0 Å². The number of ether oxygens (including phenoxy) is 1. The van der Waals surface area contributed by atoms with Gasteiger partial charge in [0.2, 0.25) is 15.2 Å². The number of nitrogens with one attached hydrogen (secondary N) is 1. The van der Waals surface area contributed by atoms with E-state index in [1.54, 1.807) is 6.92 Å². The minimum Gasteiger partial charge on any atom is -0.435 e. The van der Waals surface area contributed by atoms with Crippen LogP contribution in [0.1, 0.15) is 6.92 Å². The third-order valence-electron chi connectivity index (χ3n) is 2.44. The molecule has 6 nitrogen and oxygen atoms in total. The summed E-state index contributed by atoms with van der Waals surface area (Å²) in [6, 6.07) is 5.72. The lowest BCUT2D eigenvalue weighted by Gasteiger charge is -2.04. The number of hydrogen-bond donors (Lipinski definition) is 1. The van der Waals surface area contributed by atoms with E-state index in [2.05, 4.69) is 25.4 Å². The molecule has 124 valence electrons. The number of sulfonamides is 1. The second-order valence-corrected chi connectivity index (χ2v) is 7.12. The van der Waals surface area contributed by atoms with Crippen molar-refractivity contribution < 1.29 is 21.9 Å². The molecule has 0 aliphatic carbocycles. The summed E-state index contributed by atoms with van der Waals surface area (Å²) in [5.41, 5.74) is 1.05. The van der Waals surface area contributed by atoms with Crippen LogP contribution in [0.4, 0.5) is 13.9 Å². The maximum atomic E-state index is 12.1. The largest absolute Gasteiger partial charge is 0.435 e. The Morgan fingerprint density at radius 2 is 2.04 bits per heavy atom. The molecule has 0 saturated carbocycles. The molecule has 0 radical (unpaired) electrons. The zero-order chi connectivity index (χ0) is 17.0. The molecule has 0 fully saturated rings. The van der Waals surface area contributed by atoms with Crippen LogP contribution in [0.3, 0.4) is 0 Å². The van der Waals surface area contributed by atoms with Crippen LogP contribution in [0, 0.1) is 0 Å². The predicted octanol–water partition coefficient (Wildman–Crippen LogP) is 3.12. The van der Waals surface area contributed by atoms with E-state index in [1.165, 1.54) is 24.3 Å². The molecular formula is C13H13F2N3O3S2. The zero-order valence-corrected chi connectivity index (χ0v) is 13.6. The van der Waals surface area contributed by atoms with Crippen LogP contribution in [-0.2, 0) is 10.0 Å². The van der Waals surface area contributed by atoms with Crippen molar-refractivity contribution in [1.82, 2.24) is 9.36 Å². The standard InChI is InChI=1S/C13H13F2N3O3S2/c1-8(2)7-23(19,20)18-13-16-11(17-22-13)9-3-5-10(6-4-9)21-12(14)15/h3-6,12H,1,7H2,2H3,(H,16,17,18). The van der Waals surface area contributed by atoms with Gasteiger partial charge in [0.25, 0.3) is 0 Å². The molecular weight excluding hydrogens is 348 g/mol. The Morgan fingerprint density at radius 3 is 2.61 bits per heavy atom. The molecule has 0 amide bonds. The Labute approximate surface area is 136 Å². The first-order chi connectivity index (χ1) is 10.7. The highest BCUT2D eigenvalue weighted by Gasteiger charge is 2.15. The average Bonchev–Trinajstić information content (AvgIpc) is 2.84. The van der Waals surface area contributed by atoms with Gasteiger partial charge >= 0.3 is 6.61 Å². The molecule has 2 aromatic rings. The first-order valence-corrected chi connectivity index (χ1v) is 8.71. The highest BCUT2D eigenvalue weighted by atomic mass is 32.2. The summed E-state index contributed by atoms with van der Waals surface area (Å²) in [6.45, 7) is 2.26. The molecule has 1 aromatic heterocycles. The normalized spacial score (nSPS) is 11.5. The molecule has 1 N–H and O–H groups in total. The van der Waals surface area contributed by atoms with E-state index in [0.717, 1.165) is 11.5 Å². The number of aromatic nitrogens is 2. The first kappa shape index (κ1) is 17.3. The second-order valence-electron chi connectivity index (χ2n) is 4.64. The highest BCUT2D eigenvalue weighted by Crippen LogP contribution is 2.24. The topological polar surface area (TPSA) is 81.2 Å². The van der Waals surface area contributed by atoms with Crippen LogP contribution in [0.15, 0.2) is 36.4 Å². The zero-order valence-electron chi connectivity index (χ0n) is 12.0. The number of hydrogen-bond acceptors (Lipinski definition) is 6. The van der Waals surface area contributed by atoms with Crippen LogP contribution < -0.4 is 9.46 Å². The second kappa shape index (κ2) is 7.01. The van der Waals surface area contributed by atoms with Gasteiger partial charge in [-0.2, -0.15) is 18.1 Å². The number of halogens is 2. The third kappa shape index (κ3) is 5.25. The van der Waals surface area contributed by atoms with Crippen molar-refractivity contribution >= 4 is 26.7 Å². The summed E-state index contributed by atoms with van der Waals surface area (Å²) in [4.78, 5) is 4.06. The fraction of sp³-hybridized carbons (Fsp3) is 0.231. The lowest BCUT2D eigenvalue weighted by molar-refractivity contribution is -0.0498. The summed E-state index contributed by atoms with van der Waals surface area (Å²) in [5.74, 6) is 0.0923. The SMILES string of the molecule is C=C(C)CS(=O)(=O)Nc1nc(-c2ccc(OC(F)F)cc2)ns1. The van der Waals surface area contributed by atoms with Gasteiger partial charge in [-0.3, -0.25) is 4.72 Å². The molecule has 0 bridgehead atoms. The lowest BCUT2D eigenvalue weighted by atomic mass is 10.2. The van der Waals surface area contributed by atoms with E-state index < -0.39 is 16.6 Å². The smallest absolute Gasteiger partial charge is 0.387 e. The van der Waals surface area contributed by atoms with Gasteiger partial charge in [-0.25, -0.2) is 8.42 Å². The number of benzene rings is 1. The van der Waals surface area contributed by atoms with Crippen molar-refractivity contribution in [2.45, 2.75) is 13.5 Å². The monoisotopic (exact) mass is 361 g/mol. The van der Waals surface area contributed by atoms with Crippen molar-refractivity contribution in [1.29, 1.82) is 0 Å². The van der Waals surface area contributed by atoms with Crippen LogP contribution in [0.2, 0.25) is 0 Å². The van der Waals surface area contributed by atoms with E-state index in [9.17, 15) is 17.2 Å². The van der Waals surface area contributed by atoms with Gasteiger partial charge in [0, 0.05) is 17.1 Å². The minimum atomic E-state index is -3.57. The fourth-order valence-corrected chi connectivity index (χ4v) is 3.67. The molecule has 2 rings (SSSR count). The molecule has 1 aromatic carbocycles. The van der Waals surface area contributed by atoms with Crippen LogP contribution in [0.5, 0.6) is 5.75 Å². The summed E-state index contributed by atoms with van der Waals surface area (Å²) in [7, 11) is -3.57. The molecule has 0 atom stereocenters. The molecule has 0 saturated heterocycles. The number of alkyl halides is 2. The van der Waals surface area contributed by atoms with Crippen molar-refractivity contribution in [2.75, 3.05) is 10.5 Å². The average molecular weight is 361 g/mol. The lowest BCUT2D eigenvalue weighted by Crippen LogP contribution is -2.16. The molecule has 0 unspecified atom stereocenters. The summed E-state index contributed by atoms with van der Waals surface area (Å²) in [5, 5.41) is 0.120. The summed E-state index contributed by atoms with van der Waals surface area (Å²) < 4.78 is 58.3. The Bertz CT molecular complexity index is 789. The van der Waals surface area contributed by atoms with Gasteiger partial charge in [-0.05, 0) is 31.2 Å². The van der Waals surface area contributed by atoms with Crippen molar-refractivity contribution in [3.8, 4) is 17.1 Å². The maximum absolute atomic E-state index is 12.1. The van der Waals surface area contributed by atoms with E-state index >= 15 is 0 Å². The summed E-state index contributed by atoms with van der Waals surface area (Å²) >= 11 is 0.881. The number of rotatable bonds is 7. The van der Waals surface area contributed by atoms with Crippen molar-refractivity contribution in [3.63, 3.8) is 0 Å². The van der Waals surface area contributed by atoms with Crippen molar-refractivity contribution in [2.24, 2.45) is 0 Å². The van der Waals surface area contributed by atoms with E-state index in [1.807, 2.05) is 0 Å². The molecule has 0 aliphatic heterocycles. The van der Waals surface area contributed by atoms with Crippen molar-refractivity contribution in [3.05, 3.63) is 36.4 Å². The van der Waals surface area contributed by atoms with E-state index in [-0.39, 0.29) is 22.5 Å². The minimum absolute atomic E-state index is 0.0152. The first-order valence-electron chi connectivity index (χ1n) is 6.29. The number of anilines is 1. The van der Waals surface area contributed by atoms with Gasteiger partial charge in [0.05, 0.1) is 5.75 Å². The Kier molecular flexibility index (Phi) is 5.26. The van der Waals surface area contributed by atoms with Gasteiger partial charge in [-0.15, -0.1) is 0 Å². The quantitative estimate of drug-likeness (QED) is 0.766. The Hall–Kier alpha value is -2.07. The van der Waals surface area contributed by atoms with Gasteiger partial charge in [0.1, 0.15) is 5.75 Å². The molecule has 0 spiro atoms. The molecule has 1 heterocycles. The van der Waals surface area contributed by atoms with Crippen LogP contribution in [0.25, 0.3) is 11.4 Å². The van der Waals surface area contributed by atoms with Crippen LogP contribution >= 0.6 is 11.5 Å². The van der Waals surface area contributed by atoms with Crippen LogP contribution in [-0.4, -0.2) is 30.1 Å². The highest BCUT2D eigenvalue weighted by molar-refractivity contribution is 7.93. The fourth-order valence-electron chi connectivity index (χ4n) is 1.66. The summed E-state index contributed by atoms with van der Waals surface area (Å²) in [6.07, 6.45) is 0. The molecule has 0 aliphatic rings.